The number of carbonyl (C=O) groups is 7. The number of nitrogens with zero attached hydrogens (tertiary/aromatic N) is 6. The number of benzene rings is 3. The average Bonchev–Trinajstić information content (AvgIpc) is 0.764. The van der Waals surface area contributed by atoms with Crippen molar-refractivity contribution in [3.8, 4) is 17.2 Å². The molecule has 5 fully saturated rings. The van der Waals surface area contributed by atoms with Crippen LogP contribution in [0.5, 0.6) is 17.2 Å². The van der Waals surface area contributed by atoms with E-state index < -0.39 is 66.4 Å². The first kappa shape index (κ1) is 70.3. The number of nitrogens with one attached hydrogen (secondary N) is 2. The first-order valence-electron chi connectivity index (χ1n) is 32.7. The summed E-state index contributed by atoms with van der Waals surface area (Å²) in [7, 11) is 3.13. The molecule has 0 radical (unpaired) electrons. The number of carbonyl (C=O) groups excluding carboxylic acids is 5. The van der Waals surface area contributed by atoms with Gasteiger partial charge in [-0.3, -0.25) is 34.4 Å². The van der Waals surface area contributed by atoms with E-state index in [1.807, 2.05) is 36.1 Å². The van der Waals surface area contributed by atoms with E-state index in [4.69, 9.17) is 53.6 Å². The van der Waals surface area contributed by atoms with Gasteiger partial charge >= 0.3 is 18.0 Å². The lowest BCUT2D eigenvalue weighted by Crippen LogP contribution is -2.64. The van der Waals surface area contributed by atoms with Gasteiger partial charge in [0.15, 0.2) is 16.9 Å². The Balaban J connectivity index is 0.727. The number of aliphatic carboxylic acids is 1. The van der Waals surface area contributed by atoms with Crippen molar-refractivity contribution < 1.29 is 86.8 Å². The van der Waals surface area contributed by atoms with Crippen LogP contribution in [0, 0.1) is 16.2 Å². The standard InChI is InChI=1S/C70H83N9O18S/c1-42(49(31-71)47-13-15-56(75-61(47)64(87)88)78-20-18-46-50(32-78)48(12-14-52(46)91-5)62(84)76-65-74-51-8-6-7-9-55(51)98-65)73-41-69-36-67(2)35-68(3,37-69)39-70(38-67,40-69)95-25-22-77(21-24-90-4)66(89)94-34-43-10-11-45(96-60-29-44(80)28-54(97-60)63(85)86)30-53(43)93-27-26-92-23-19-72-57(81)33-79-58(82)16-17-59(79)83/h6-17,30-31,44,54,60,80H,18-29,32-41,71H2,1-5H3,(H,72,81)(H,85,86)(H,87,88)(H,74,76,84)/t44-,54-,60+,67?,68?,69?,70?/m0/s1. The molecule has 1 saturated heterocycles. The molecule has 3 aliphatic heterocycles. The summed E-state index contributed by atoms with van der Waals surface area (Å²) >= 11 is 1.38. The minimum atomic E-state index is -1.28. The maximum Gasteiger partial charge on any atom is 0.410 e. The third-order valence-corrected chi connectivity index (χ3v) is 19.9. The fraction of sp³-hybridized carbons (Fsp3) is 0.486. The van der Waals surface area contributed by atoms with E-state index in [0.29, 0.717) is 64.2 Å². The van der Waals surface area contributed by atoms with E-state index in [0.717, 1.165) is 76.9 Å². The van der Waals surface area contributed by atoms with Gasteiger partial charge in [0.1, 0.15) is 42.8 Å². The molecule has 98 heavy (non-hydrogen) atoms. The summed E-state index contributed by atoms with van der Waals surface area (Å²) < 4.78 is 48.5. The highest BCUT2D eigenvalue weighted by atomic mass is 32.1. The van der Waals surface area contributed by atoms with Crippen LogP contribution in [0.15, 0.2) is 90.1 Å². The summed E-state index contributed by atoms with van der Waals surface area (Å²) in [4.78, 5) is 108. The van der Waals surface area contributed by atoms with E-state index in [2.05, 4.69) is 29.5 Å². The second kappa shape index (κ2) is 30.0. The lowest BCUT2D eigenvalue weighted by Gasteiger charge is -2.69. The number of pyridine rings is 1. The lowest BCUT2D eigenvalue weighted by molar-refractivity contribution is -0.242. The van der Waals surface area contributed by atoms with Gasteiger partial charge in [-0.15, -0.1) is 0 Å². The number of aliphatic imine (C=N–C) groups is 1. The number of carboxylic acids is 2. The van der Waals surface area contributed by atoms with Crippen LogP contribution in [0.1, 0.15) is 115 Å². The fourth-order valence-corrected chi connectivity index (χ4v) is 16.7. The summed E-state index contributed by atoms with van der Waals surface area (Å²) in [5.74, 6) is -2.95. The highest BCUT2D eigenvalue weighted by Gasteiger charge is 2.66. The van der Waals surface area contributed by atoms with E-state index in [9.17, 15) is 48.9 Å². The van der Waals surface area contributed by atoms with Crippen molar-refractivity contribution in [3.63, 3.8) is 0 Å². The van der Waals surface area contributed by atoms with E-state index >= 15 is 0 Å². The van der Waals surface area contributed by atoms with Crippen LogP contribution in [0.2, 0.25) is 0 Å². The minimum Gasteiger partial charge on any atom is -0.496 e. The molecule has 2 aromatic heterocycles. The van der Waals surface area contributed by atoms with E-state index in [-0.39, 0.29) is 118 Å². The van der Waals surface area contributed by atoms with Crippen molar-refractivity contribution in [1.82, 2.24) is 25.1 Å². The SMILES string of the molecule is COCCN(CCOC12CC3(C)CC(C)(CC(CN=C(C)C(=CN)c4ccc(N5CCc6c(OC)ccc(C(=O)Nc7nc8ccccc8s7)c6C5)nc4C(=O)O)(C3)C1)C2)C(=O)OCc1ccc(O[C@H]2C[C@@H](O)C[C@@H](C(=O)O)O2)cc1OCCOCCNC(=O)CN1C(=O)C=CC1=O. The van der Waals surface area contributed by atoms with Crippen LogP contribution in [-0.2, 0) is 62.4 Å². The molecule has 4 aliphatic carbocycles. The molecule has 5 atom stereocenters. The number of thiazole rings is 1. The number of fused-ring (bicyclic) bond motifs is 2. The van der Waals surface area contributed by atoms with Crippen molar-refractivity contribution >= 4 is 85.4 Å². The molecule has 5 aromatic rings. The molecule has 7 N–H and O–H groups in total. The van der Waals surface area contributed by atoms with Gasteiger partial charge < -0.3 is 74.1 Å². The largest absolute Gasteiger partial charge is 0.496 e. The molecular formula is C70H83N9O18S. The number of imide groups is 1. The Morgan fingerprint density at radius 3 is 2.34 bits per heavy atom. The zero-order chi connectivity index (χ0) is 69.5. The van der Waals surface area contributed by atoms with Gasteiger partial charge in [0, 0.05) is 117 Å². The number of nitrogens with two attached hydrogens (primary N) is 1. The minimum absolute atomic E-state index is 0.00905. The zero-order valence-electron chi connectivity index (χ0n) is 55.5. The molecule has 5 amide bonds. The van der Waals surface area contributed by atoms with Gasteiger partial charge in [-0.2, -0.15) is 0 Å². The van der Waals surface area contributed by atoms with Crippen LogP contribution in [-0.4, -0.2) is 193 Å². The molecule has 5 heterocycles. The van der Waals surface area contributed by atoms with Gasteiger partial charge in [0.05, 0.1) is 55.5 Å². The van der Waals surface area contributed by atoms with E-state index in [1.54, 1.807) is 50.6 Å². The highest BCUT2D eigenvalue weighted by molar-refractivity contribution is 7.22. The number of anilines is 2. The molecule has 27 nitrogen and oxygen atoms in total. The molecule has 3 aromatic carbocycles. The maximum absolute atomic E-state index is 14.1. The Labute approximate surface area is 570 Å². The van der Waals surface area contributed by atoms with Gasteiger partial charge in [0.2, 0.25) is 12.2 Å². The number of allylic oxidation sites excluding steroid dienone is 1. The second-order valence-electron chi connectivity index (χ2n) is 26.8. The number of methoxy groups -OCH3 is 2. The summed E-state index contributed by atoms with van der Waals surface area (Å²) in [6, 6.07) is 19.4. The Bertz CT molecular complexity index is 3900. The monoisotopic (exact) mass is 1370 g/mol. The van der Waals surface area contributed by atoms with Gasteiger partial charge in [-0.25, -0.2) is 24.4 Å². The Morgan fingerprint density at radius 2 is 1.61 bits per heavy atom. The van der Waals surface area contributed by atoms with Gasteiger partial charge in [-0.1, -0.05) is 37.3 Å². The summed E-state index contributed by atoms with van der Waals surface area (Å²) in [5, 5.41) is 36.8. The number of hydrogen-bond acceptors (Lipinski definition) is 22. The molecule has 2 unspecified atom stereocenters. The van der Waals surface area contributed by atoms with Crippen molar-refractivity contribution in [1.29, 1.82) is 0 Å². The van der Waals surface area contributed by atoms with Crippen LogP contribution >= 0.6 is 11.3 Å². The Hall–Kier alpha value is -9.06. The smallest absolute Gasteiger partial charge is 0.410 e. The Kier molecular flexibility index (Phi) is 21.5. The quantitative estimate of drug-likeness (QED) is 0.0151. The van der Waals surface area contributed by atoms with Crippen molar-refractivity contribution in [2.75, 3.05) is 96.7 Å². The number of rotatable bonds is 30. The molecule has 28 heteroatoms. The fourth-order valence-electron chi connectivity index (χ4n) is 15.8. The zero-order valence-corrected chi connectivity index (χ0v) is 56.3. The maximum atomic E-state index is 14.1. The summed E-state index contributed by atoms with van der Waals surface area (Å²) in [6.45, 7) is 7.98. The second-order valence-corrected chi connectivity index (χ2v) is 27.8. The third kappa shape index (κ3) is 16.2. The Morgan fingerprint density at radius 1 is 0.857 bits per heavy atom. The van der Waals surface area contributed by atoms with Crippen LogP contribution < -0.4 is 35.5 Å². The first-order valence-corrected chi connectivity index (χ1v) is 33.5. The number of carboxylic acid groups (broad SMARTS) is 2. The van der Waals surface area contributed by atoms with Crippen molar-refractivity contribution in [2.24, 2.45) is 27.0 Å². The number of aromatic carboxylic acids is 1. The number of aliphatic hydroxyl groups excluding tert-OH is 1. The normalized spacial score (nSPS) is 24.2. The summed E-state index contributed by atoms with van der Waals surface area (Å²) in [5.41, 5.74) is 9.90. The third-order valence-electron chi connectivity index (χ3n) is 19.0. The number of aliphatic hydroxyl groups is 1. The number of ether oxygens (including phenoxy) is 8. The van der Waals surface area contributed by atoms with Crippen molar-refractivity contribution in [3.05, 3.63) is 119 Å². The molecule has 0 spiro atoms. The molecule has 4 bridgehead atoms. The van der Waals surface area contributed by atoms with Crippen LogP contribution in [0.4, 0.5) is 15.7 Å². The molecule has 7 aliphatic rings. The van der Waals surface area contributed by atoms with Gasteiger partial charge in [0.25, 0.3) is 17.7 Å². The predicted octanol–water partition coefficient (Wildman–Crippen LogP) is 7.16. The number of amides is 5. The predicted molar refractivity (Wildman–Crippen MR) is 359 cm³/mol. The number of para-hydroxylation sites is 1. The van der Waals surface area contributed by atoms with Crippen LogP contribution in [0.3, 0.4) is 0 Å². The average molecular weight is 1370 g/mol. The highest BCUT2D eigenvalue weighted by Crippen LogP contribution is 2.71. The molecule has 522 valence electrons. The number of hydrogen-bond donors (Lipinski definition) is 6. The van der Waals surface area contributed by atoms with Crippen molar-refractivity contribution in [2.45, 2.75) is 116 Å². The first-order chi connectivity index (χ1) is 47.0. The topological polar surface area (TPSA) is 352 Å². The molecular weight excluding hydrogens is 1290 g/mol. The van der Waals surface area contributed by atoms with Crippen LogP contribution in [0.25, 0.3) is 15.8 Å². The lowest BCUT2D eigenvalue weighted by atomic mass is 9.39. The van der Waals surface area contributed by atoms with Gasteiger partial charge in [-0.05, 0) is 122 Å². The summed E-state index contributed by atoms with van der Waals surface area (Å²) in [6.07, 6.45) is 5.23. The molecule has 12 rings (SSSR count). The van der Waals surface area contributed by atoms with E-state index in [1.165, 1.54) is 28.5 Å². The number of aromatic nitrogens is 2. The molecule has 4 saturated carbocycles.